The molecule has 0 unspecified atom stereocenters. The van der Waals surface area contributed by atoms with Crippen LogP contribution in [-0.4, -0.2) is 26.2 Å². The molecule has 0 aromatic rings. The molecule has 0 aromatic heterocycles. The van der Waals surface area contributed by atoms with Gasteiger partial charge in [0.25, 0.3) is 0 Å². The second kappa shape index (κ2) is 3.05. The summed E-state index contributed by atoms with van der Waals surface area (Å²) in [6, 6.07) is 0.649. The molecule has 1 aliphatic rings. The van der Waals surface area contributed by atoms with Crippen molar-refractivity contribution in [2.24, 2.45) is 0 Å². The number of hydrogen-bond acceptors (Lipinski definition) is 1. The van der Waals surface area contributed by atoms with E-state index in [1.165, 1.54) is 12.8 Å². The largest absolute Gasteiger partial charge is 0.662 e. The monoisotopic (exact) mass is 113 g/mol. The SMILES string of the molecule is C[N-]C1CCNCC1. The van der Waals surface area contributed by atoms with Crippen LogP contribution in [0.1, 0.15) is 12.8 Å². The summed E-state index contributed by atoms with van der Waals surface area (Å²) in [5.74, 6) is 0. The number of hydrogen-bond donors (Lipinski definition) is 1. The van der Waals surface area contributed by atoms with E-state index in [9.17, 15) is 0 Å². The van der Waals surface area contributed by atoms with Crippen molar-refractivity contribution in [3.05, 3.63) is 5.32 Å². The molecule has 1 heterocycles. The smallest absolute Gasteiger partial charge is 0.00628 e. The molecule has 1 N–H and O–H groups in total. The molecule has 2 heteroatoms. The van der Waals surface area contributed by atoms with Crippen molar-refractivity contribution in [3.63, 3.8) is 0 Å². The predicted molar refractivity (Wildman–Crippen MR) is 35.2 cm³/mol. The molecule has 1 aliphatic heterocycles. The Bertz CT molecular complexity index is 57.5. The quantitative estimate of drug-likeness (QED) is 0.533. The van der Waals surface area contributed by atoms with E-state index in [1.807, 2.05) is 7.05 Å². The zero-order chi connectivity index (χ0) is 5.82. The van der Waals surface area contributed by atoms with E-state index in [2.05, 4.69) is 10.6 Å². The molecule has 0 bridgehead atoms. The topological polar surface area (TPSA) is 26.1 Å². The van der Waals surface area contributed by atoms with Gasteiger partial charge in [-0.25, -0.2) is 0 Å². The molecule has 0 saturated carbocycles. The number of piperidine rings is 1. The summed E-state index contributed by atoms with van der Waals surface area (Å²) in [6.45, 7) is 2.31. The van der Waals surface area contributed by atoms with E-state index in [0.29, 0.717) is 6.04 Å². The van der Waals surface area contributed by atoms with Gasteiger partial charge in [0.1, 0.15) is 0 Å². The van der Waals surface area contributed by atoms with Gasteiger partial charge in [0.15, 0.2) is 0 Å². The van der Waals surface area contributed by atoms with E-state index in [0.717, 1.165) is 13.1 Å². The highest BCUT2D eigenvalue weighted by molar-refractivity contribution is 4.89. The zero-order valence-corrected chi connectivity index (χ0v) is 5.35. The van der Waals surface area contributed by atoms with Gasteiger partial charge in [0.2, 0.25) is 0 Å². The van der Waals surface area contributed by atoms with Gasteiger partial charge in [-0.15, -0.1) is 6.04 Å². The number of nitrogens with zero attached hydrogens (tertiary/aromatic N) is 1. The van der Waals surface area contributed by atoms with Gasteiger partial charge >= 0.3 is 0 Å². The second-order valence-corrected chi connectivity index (χ2v) is 2.24. The van der Waals surface area contributed by atoms with Crippen LogP contribution in [0.25, 0.3) is 5.32 Å². The van der Waals surface area contributed by atoms with Crippen LogP contribution >= 0.6 is 0 Å². The predicted octanol–water partition coefficient (Wildman–Crippen LogP) is 0.742. The maximum Gasteiger partial charge on any atom is -0.00628 e. The van der Waals surface area contributed by atoms with Crippen molar-refractivity contribution in [1.82, 2.24) is 5.32 Å². The Morgan fingerprint density at radius 2 is 2.00 bits per heavy atom. The Hall–Kier alpha value is -0.0800. The summed E-state index contributed by atoms with van der Waals surface area (Å²) >= 11 is 0. The fraction of sp³-hybridized carbons (Fsp3) is 1.00. The molecule has 0 atom stereocenters. The Kier molecular flexibility index (Phi) is 2.30. The van der Waals surface area contributed by atoms with Crippen LogP contribution in [0.5, 0.6) is 0 Å². The van der Waals surface area contributed by atoms with E-state index >= 15 is 0 Å². The first kappa shape index (κ1) is 6.05. The van der Waals surface area contributed by atoms with Crippen molar-refractivity contribution < 1.29 is 0 Å². The van der Waals surface area contributed by atoms with Crippen molar-refractivity contribution in [3.8, 4) is 0 Å². The Morgan fingerprint density at radius 3 is 2.38 bits per heavy atom. The molecule has 1 saturated heterocycles. The Balaban J connectivity index is 2.13. The molecule has 0 aromatic carbocycles. The lowest BCUT2D eigenvalue weighted by Crippen LogP contribution is -2.29. The summed E-state index contributed by atoms with van der Waals surface area (Å²) < 4.78 is 0. The highest BCUT2D eigenvalue weighted by Crippen LogP contribution is 2.08. The molecule has 0 radical (unpaired) electrons. The first-order valence-electron chi connectivity index (χ1n) is 3.23. The zero-order valence-electron chi connectivity index (χ0n) is 5.35. The molecule has 1 rings (SSSR count). The summed E-state index contributed by atoms with van der Waals surface area (Å²) in [7, 11) is 1.91. The van der Waals surface area contributed by atoms with Gasteiger partial charge in [-0.2, -0.15) is 7.05 Å². The fourth-order valence-corrected chi connectivity index (χ4v) is 1.06. The molecule has 0 spiro atoms. The molecule has 8 heavy (non-hydrogen) atoms. The van der Waals surface area contributed by atoms with Crippen LogP contribution < -0.4 is 5.32 Å². The van der Waals surface area contributed by atoms with Gasteiger partial charge in [-0.05, 0) is 13.1 Å². The van der Waals surface area contributed by atoms with Gasteiger partial charge < -0.3 is 10.6 Å². The molecular weight excluding hydrogens is 100 g/mol. The Labute approximate surface area is 50.7 Å². The van der Waals surface area contributed by atoms with Crippen LogP contribution in [0.4, 0.5) is 0 Å². The molecule has 0 amide bonds. The molecular formula is C6H13N2-. The second-order valence-electron chi connectivity index (χ2n) is 2.24. The minimum atomic E-state index is 0.649. The minimum Gasteiger partial charge on any atom is -0.662 e. The third-order valence-electron chi connectivity index (χ3n) is 1.67. The van der Waals surface area contributed by atoms with Gasteiger partial charge in [-0.1, -0.05) is 12.8 Å². The van der Waals surface area contributed by atoms with Crippen LogP contribution in [0, 0.1) is 0 Å². The lowest BCUT2D eigenvalue weighted by atomic mass is 10.1. The average Bonchev–Trinajstić information content (AvgIpc) is 1.90. The molecule has 0 aliphatic carbocycles. The van der Waals surface area contributed by atoms with Crippen molar-refractivity contribution in [2.45, 2.75) is 18.9 Å². The van der Waals surface area contributed by atoms with Gasteiger partial charge in [0.05, 0.1) is 0 Å². The Morgan fingerprint density at radius 1 is 1.38 bits per heavy atom. The highest BCUT2D eigenvalue weighted by Gasteiger charge is 2.01. The average molecular weight is 113 g/mol. The van der Waals surface area contributed by atoms with E-state index in [-0.39, 0.29) is 0 Å². The van der Waals surface area contributed by atoms with E-state index in [1.54, 1.807) is 0 Å². The summed E-state index contributed by atoms with van der Waals surface area (Å²) in [5.41, 5.74) is 0. The third kappa shape index (κ3) is 1.46. The summed E-state index contributed by atoms with van der Waals surface area (Å²) in [5, 5.41) is 7.50. The fourth-order valence-electron chi connectivity index (χ4n) is 1.06. The first-order valence-corrected chi connectivity index (χ1v) is 3.23. The minimum absolute atomic E-state index is 0.649. The summed E-state index contributed by atoms with van der Waals surface area (Å²) in [4.78, 5) is 0. The standard InChI is InChI=1S/C6H13N2/c1-7-6-2-4-8-5-3-6/h6,8H,2-5H2,1H3/q-1. The highest BCUT2D eigenvalue weighted by atomic mass is 14.9. The lowest BCUT2D eigenvalue weighted by Gasteiger charge is -2.31. The first-order chi connectivity index (χ1) is 3.93. The third-order valence-corrected chi connectivity index (χ3v) is 1.67. The van der Waals surface area contributed by atoms with Crippen molar-refractivity contribution in [1.29, 1.82) is 0 Å². The molecule has 2 nitrogen and oxygen atoms in total. The van der Waals surface area contributed by atoms with Crippen molar-refractivity contribution >= 4 is 0 Å². The van der Waals surface area contributed by atoms with Crippen LogP contribution in [-0.2, 0) is 0 Å². The van der Waals surface area contributed by atoms with Gasteiger partial charge in [0, 0.05) is 0 Å². The van der Waals surface area contributed by atoms with E-state index < -0.39 is 0 Å². The lowest BCUT2D eigenvalue weighted by molar-refractivity contribution is 0.488. The normalized spacial score (nSPS) is 23.6. The number of rotatable bonds is 1. The van der Waals surface area contributed by atoms with Gasteiger partial charge in [-0.3, -0.25) is 0 Å². The van der Waals surface area contributed by atoms with E-state index in [4.69, 9.17) is 0 Å². The van der Waals surface area contributed by atoms with Crippen LogP contribution in [0.3, 0.4) is 0 Å². The number of nitrogens with one attached hydrogen (secondary N) is 1. The van der Waals surface area contributed by atoms with Crippen LogP contribution in [0.2, 0.25) is 0 Å². The van der Waals surface area contributed by atoms with Crippen LogP contribution in [0.15, 0.2) is 0 Å². The maximum absolute atomic E-state index is 4.21. The summed E-state index contributed by atoms with van der Waals surface area (Å²) in [6.07, 6.45) is 2.47. The molecule has 48 valence electrons. The molecule has 1 fully saturated rings. The van der Waals surface area contributed by atoms with Crippen molar-refractivity contribution in [2.75, 3.05) is 20.1 Å². The maximum atomic E-state index is 4.21.